The van der Waals surface area contributed by atoms with E-state index in [1.807, 2.05) is 0 Å². The molecule has 1 rings (SSSR count). The highest BCUT2D eigenvalue weighted by Gasteiger charge is 2.33. The number of hydrogen-bond acceptors (Lipinski definition) is 2. The second kappa shape index (κ2) is 9.35. The van der Waals surface area contributed by atoms with E-state index in [2.05, 4.69) is 32.6 Å². The van der Waals surface area contributed by atoms with Crippen molar-refractivity contribution < 1.29 is 0 Å². The lowest BCUT2D eigenvalue weighted by Crippen LogP contribution is -2.45. The summed E-state index contributed by atoms with van der Waals surface area (Å²) in [7, 11) is 0. The minimum atomic E-state index is 0.483. The minimum Gasteiger partial charge on any atom is -0.300 e. The second-order valence-corrected chi connectivity index (χ2v) is 7.68. The maximum atomic E-state index is 4.76. The molecule has 0 heterocycles. The van der Waals surface area contributed by atoms with Crippen LogP contribution in [-0.2, 0) is 0 Å². The van der Waals surface area contributed by atoms with E-state index in [4.69, 9.17) is 12.6 Å². The van der Waals surface area contributed by atoms with E-state index < -0.39 is 0 Å². The van der Waals surface area contributed by atoms with Gasteiger partial charge in [-0.1, -0.05) is 53.4 Å². The van der Waals surface area contributed by atoms with Gasteiger partial charge in [-0.15, -0.1) is 0 Å². The number of hydrogen-bond donors (Lipinski definition) is 1. The van der Waals surface area contributed by atoms with Crippen LogP contribution in [0, 0.1) is 11.3 Å². The normalized spacial score (nSPS) is 19.8. The third-order valence-electron chi connectivity index (χ3n) is 5.10. The molecule has 0 unspecified atom stereocenters. The van der Waals surface area contributed by atoms with Crippen LogP contribution in [-0.4, -0.2) is 29.8 Å². The van der Waals surface area contributed by atoms with Crippen molar-refractivity contribution in [2.75, 3.05) is 18.8 Å². The molecule has 0 saturated heterocycles. The quantitative estimate of drug-likeness (QED) is 0.464. The molecule has 1 fully saturated rings. The van der Waals surface area contributed by atoms with Crippen LogP contribution in [0.3, 0.4) is 0 Å². The summed E-state index contributed by atoms with van der Waals surface area (Å²) in [5, 5.41) is 0. The Kier molecular flexibility index (Phi) is 8.59. The highest BCUT2D eigenvalue weighted by Crippen LogP contribution is 2.37. The van der Waals surface area contributed by atoms with Crippen LogP contribution in [0.25, 0.3) is 0 Å². The smallest absolute Gasteiger partial charge is 0.00903 e. The molecule has 0 aliphatic heterocycles. The largest absolute Gasteiger partial charge is 0.300 e. The number of rotatable bonds is 8. The fraction of sp³-hybridized carbons (Fsp3) is 1.00. The maximum Gasteiger partial charge on any atom is 0.00903 e. The molecule has 0 aromatic rings. The van der Waals surface area contributed by atoms with Crippen LogP contribution in [0.5, 0.6) is 0 Å². The molecule has 0 amide bonds. The van der Waals surface area contributed by atoms with Crippen molar-refractivity contribution in [2.45, 2.75) is 85.1 Å². The van der Waals surface area contributed by atoms with Gasteiger partial charge in [0.25, 0.3) is 0 Å². The summed E-state index contributed by atoms with van der Waals surface area (Å²) in [6.45, 7) is 11.9. The summed E-state index contributed by atoms with van der Waals surface area (Å²) in [5.41, 5.74) is 0.483. The van der Waals surface area contributed by atoms with Crippen molar-refractivity contribution >= 4 is 12.6 Å². The standard InChI is InChI=1S/C18H37NS/c1-5-17(6-2)19(13-16(3)4)14-18(15-20)11-9-7-8-10-12-18/h16-17,20H,5-15H2,1-4H3. The van der Waals surface area contributed by atoms with E-state index in [0.717, 1.165) is 17.7 Å². The molecule has 0 bridgehead atoms. The summed E-state index contributed by atoms with van der Waals surface area (Å²) >= 11 is 4.76. The summed E-state index contributed by atoms with van der Waals surface area (Å²) in [4.78, 5) is 2.80. The Bertz CT molecular complexity index is 240. The highest BCUT2D eigenvalue weighted by molar-refractivity contribution is 7.80. The summed E-state index contributed by atoms with van der Waals surface area (Å²) in [6.07, 6.45) is 11.1. The van der Waals surface area contributed by atoms with Crippen molar-refractivity contribution in [1.82, 2.24) is 4.90 Å². The molecule has 20 heavy (non-hydrogen) atoms. The van der Waals surface area contributed by atoms with E-state index >= 15 is 0 Å². The minimum absolute atomic E-state index is 0.483. The Balaban J connectivity index is 2.77. The van der Waals surface area contributed by atoms with E-state index in [9.17, 15) is 0 Å². The molecule has 0 aromatic heterocycles. The molecule has 1 aliphatic carbocycles. The van der Waals surface area contributed by atoms with Crippen LogP contribution in [0.2, 0.25) is 0 Å². The van der Waals surface area contributed by atoms with E-state index in [1.54, 1.807) is 0 Å². The van der Waals surface area contributed by atoms with Crippen LogP contribution in [0.1, 0.15) is 79.1 Å². The molecule has 120 valence electrons. The van der Waals surface area contributed by atoms with Crippen molar-refractivity contribution in [3.63, 3.8) is 0 Å². The molecule has 0 atom stereocenters. The predicted molar refractivity (Wildman–Crippen MR) is 94.8 cm³/mol. The molecular formula is C18H37NS. The average Bonchev–Trinajstić information content (AvgIpc) is 2.65. The Morgan fingerprint density at radius 3 is 1.95 bits per heavy atom. The zero-order valence-electron chi connectivity index (χ0n) is 14.3. The van der Waals surface area contributed by atoms with Gasteiger partial charge >= 0.3 is 0 Å². The van der Waals surface area contributed by atoms with Gasteiger partial charge in [0.1, 0.15) is 0 Å². The second-order valence-electron chi connectivity index (χ2n) is 7.37. The molecule has 0 aromatic carbocycles. The summed E-state index contributed by atoms with van der Waals surface area (Å²) in [6, 6.07) is 0.761. The fourth-order valence-corrected chi connectivity index (χ4v) is 4.31. The van der Waals surface area contributed by atoms with Gasteiger partial charge in [-0.3, -0.25) is 4.90 Å². The molecule has 1 aliphatic rings. The van der Waals surface area contributed by atoms with Crippen molar-refractivity contribution in [1.29, 1.82) is 0 Å². The molecule has 1 nitrogen and oxygen atoms in total. The molecule has 2 heteroatoms. The molecule has 1 saturated carbocycles. The molecule has 0 radical (unpaired) electrons. The fourth-order valence-electron chi connectivity index (χ4n) is 3.89. The van der Waals surface area contributed by atoms with Crippen LogP contribution in [0.4, 0.5) is 0 Å². The Morgan fingerprint density at radius 2 is 1.55 bits per heavy atom. The first-order valence-corrected chi connectivity index (χ1v) is 9.55. The van der Waals surface area contributed by atoms with Gasteiger partial charge in [0, 0.05) is 19.1 Å². The monoisotopic (exact) mass is 299 g/mol. The van der Waals surface area contributed by atoms with E-state index in [0.29, 0.717) is 5.41 Å². The number of nitrogens with zero attached hydrogens (tertiary/aromatic N) is 1. The first-order valence-electron chi connectivity index (χ1n) is 8.91. The van der Waals surface area contributed by atoms with Crippen LogP contribution < -0.4 is 0 Å². The van der Waals surface area contributed by atoms with Gasteiger partial charge in [0.2, 0.25) is 0 Å². The Labute approximate surface area is 133 Å². The van der Waals surface area contributed by atoms with Gasteiger partial charge in [0.05, 0.1) is 0 Å². The van der Waals surface area contributed by atoms with Crippen LogP contribution >= 0.6 is 12.6 Å². The molecule has 0 N–H and O–H groups in total. The first kappa shape index (κ1) is 18.4. The Hall–Kier alpha value is 0.310. The van der Waals surface area contributed by atoms with E-state index in [1.165, 1.54) is 64.5 Å². The maximum absolute atomic E-state index is 4.76. The lowest BCUT2D eigenvalue weighted by atomic mass is 9.81. The van der Waals surface area contributed by atoms with Crippen LogP contribution in [0.15, 0.2) is 0 Å². The predicted octanol–water partition coefficient (Wildman–Crippen LogP) is 5.40. The highest BCUT2D eigenvalue weighted by atomic mass is 32.1. The molecule has 0 spiro atoms. The first-order chi connectivity index (χ1) is 9.56. The third kappa shape index (κ3) is 5.60. The Morgan fingerprint density at radius 1 is 1.00 bits per heavy atom. The van der Waals surface area contributed by atoms with Gasteiger partial charge in [-0.2, -0.15) is 12.6 Å². The third-order valence-corrected chi connectivity index (χ3v) is 5.77. The lowest BCUT2D eigenvalue weighted by molar-refractivity contribution is 0.0926. The summed E-state index contributed by atoms with van der Waals surface area (Å²) < 4.78 is 0. The van der Waals surface area contributed by atoms with Crippen molar-refractivity contribution in [2.24, 2.45) is 11.3 Å². The van der Waals surface area contributed by atoms with Gasteiger partial charge in [0.15, 0.2) is 0 Å². The summed E-state index contributed by atoms with van der Waals surface area (Å²) in [5.74, 6) is 1.83. The topological polar surface area (TPSA) is 3.24 Å². The molecular weight excluding hydrogens is 262 g/mol. The van der Waals surface area contributed by atoms with Gasteiger partial charge < -0.3 is 0 Å². The van der Waals surface area contributed by atoms with E-state index in [-0.39, 0.29) is 0 Å². The van der Waals surface area contributed by atoms with Gasteiger partial charge in [-0.05, 0) is 42.8 Å². The SMILES string of the molecule is CCC(CC)N(CC(C)C)CC1(CS)CCCCCC1. The zero-order chi connectivity index (χ0) is 15.0. The van der Waals surface area contributed by atoms with Gasteiger partial charge in [-0.25, -0.2) is 0 Å². The number of thiol groups is 1. The average molecular weight is 300 g/mol. The lowest BCUT2D eigenvalue weighted by Gasteiger charge is -2.41. The van der Waals surface area contributed by atoms with Crippen molar-refractivity contribution in [3.05, 3.63) is 0 Å². The van der Waals surface area contributed by atoms with Crippen molar-refractivity contribution in [3.8, 4) is 0 Å². The zero-order valence-corrected chi connectivity index (χ0v) is 15.2.